The van der Waals surface area contributed by atoms with Crippen LogP contribution in [-0.4, -0.2) is 4.98 Å². The quantitative estimate of drug-likeness (QED) is 0.751. The Morgan fingerprint density at radius 3 is 2.38 bits per heavy atom. The maximum absolute atomic E-state index is 5.71. The van der Waals surface area contributed by atoms with Crippen LogP contribution in [-0.2, 0) is 0 Å². The van der Waals surface area contributed by atoms with Gasteiger partial charge in [-0.3, -0.25) is 0 Å². The molecule has 0 atom stereocenters. The molecule has 80 valence electrons. The Morgan fingerprint density at radius 2 is 1.69 bits per heavy atom. The number of nitrogen functional groups attached to an aromatic ring is 2. The summed E-state index contributed by atoms with van der Waals surface area (Å²) in [6, 6.07) is 11.0. The molecule has 5 nitrogen and oxygen atoms in total. The summed E-state index contributed by atoms with van der Waals surface area (Å²) in [4.78, 5) is 3.90. The minimum absolute atomic E-state index is 0.277. The Bertz CT molecular complexity index is 487. The molecule has 0 saturated carbocycles. The summed E-state index contributed by atoms with van der Waals surface area (Å²) in [7, 11) is 0. The van der Waals surface area contributed by atoms with Gasteiger partial charge in [-0.1, -0.05) is 18.2 Å². The molecule has 0 amide bonds. The molecule has 2 aromatic rings. The minimum Gasteiger partial charge on any atom is -0.397 e. The van der Waals surface area contributed by atoms with E-state index in [4.69, 9.17) is 11.5 Å². The normalized spacial score (nSPS) is 10.8. The first-order valence-corrected chi connectivity index (χ1v) is 4.74. The van der Waals surface area contributed by atoms with E-state index in [1.165, 1.54) is 6.20 Å². The van der Waals surface area contributed by atoms with Gasteiger partial charge in [0, 0.05) is 6.20 Å². The Labute approximate surface area is 92.8 Å². The highest BCUT2D eigenvalue weighted by Crippen LogP contribution is 2.28. The molecule has 5 heteroatoms. The zero-order valence-corrected chi connectivity index (χ0v) is 8.54. The maximum atomic E-state index is 5.71. The monoisotopic (exact) mass is 213 g/mol. The van der Waals surface area contributed by atoms with E-state index in [0.717, 1.165) is 5.69 Å². The van der Waals surface area contributed by atoms with Crippen LogP contribution < -0.4 is 11.5 Å². The summed E-state index contributed by atoms with van der Waals surface area (Å²) in [6.45, 7) is 0. The van der Waals surface area contributed by atoms with E-state index >= 15 is 0 Å². The predicted molar refractivity (Wildman–Crippen MR) is 63.7 cm³/mol. The van der Waals surface area contributed by atoms with Gasteiger partial charge in [-0.25, -0.2) is 4.98 Å². The van der Waals surface area contributed by atoms with Gasteiger partial charge in [0.1, 0.15) is 0 Å². The van der Waals surface area contributed by atoms with Gasteiger partial charge in [-0.15, -0.1) is 5.11 Å². The first-order valence-electron chi connectivity index (χ1n) is 4.74. The highest BCUT2D eigenvalue weighted by Gasteiger charge is 2.02. The Hall–Kier alpha value is -2.43. The Morgan fingerprint density at radius 1 is 0.938 bits per heavy atom. The average molecular weight is 213 g/mol. The van der Waals surface area contributed by atoms with Crippen molar-refractivity contribution in [2.75, 3.05) is 11.5 Å². The standard InChI is InChI=1S/C11H11N5/c12-9-6-7-14-11(13)10(9)16-15-8-4-2-1-3-5-8/h1-7H,(H4,12,13,14). The molecule has 1 aromatic heterocycles. The van der Waals surface area contributed by atoms with Crippen LogP contribution in [0.1, 0.15) is 0 Å². The molecular weight excluding hydrogens is 202 g/mol. The molecule has 16 heavy (non-hydrogen) atoms. The average Bonchev–Trinajstić information content (AvgIpc) is 2.30. The van der Waals surface area contributed by atoms with Gasteiger partial charge in [0.15, 0.2) is 11.5 Å². The van der Waals surface area contributed by atoms with Gasteiger partial charge in [0.05, 0.1) is 11.4 Å². The lowest BCUT2D eigenvalue weighted by molar-refractivity contribution is 1.21. The van der Waals surface area contributed by atoms with E-state index in [0.29, 0.717) is 11.4 Å². The van der Waals surface area contributed by atoms with E-state index in [1.54, 1.807) is 6.07 Å². The van der Waals surface area contributed by atoms with Crippen molar-refractivity contribution >= 4 is 22.9 Å². The fourth-order valence-corrected chi connectivity index (χ4v) is 1.20. The zero-order chi connectivity index (χ0) is 11.4. The van der Waals surface area contributed by atoms with Crippen LogP contribution in [0.3, 0.4) is 0 Å². The lowest BCUT2D eigenvalue weighted by Gasteiger charge is -2.00. The number of azo groups is 1. The van der Waals surface area contributed by atoms with E-state index < -0.39 is 0 Å². The van der Waals surface area contributed by atoms with E-state index in [-0.39, 0.29) is 5.82 Å². The second-order valence-corrected chi connectivity index (χ2v) is 3.17. The molecule has 0 spiro atoms. The highest BCUT2D eigenvalue weighted by molar-refractivity contribution is 5.72. The van der Waals surface area contributed by atoms with Gasteiger partial charge in [0.25, 0.3) is 0 Å². The summed E-state index contributed by atoms with van der Waals surface area (Å²) >= 11 is 0. The minimum atomic E-state index is 0.277. The van der Waals surface area contributed by atoms with E-state index in [2.05, 4.69) is 15.2 Å². The molecule has 0 radical (unpaired) electrons. The summed E-state index contributed by atoms with van der Waals surface area (Å²) in [5, 5.41) is 8.01. The molecule has 0 aliphatic rings. The van der Waals surface area contributed by atoms with Gasteiger partial charge in [-0.05, 0) is 18.2 Å². The number of nitrogens with two attached hydrogens (primary N) is 2. The number of aromatic nitrogens is 1. The van der Waals surface area contributed by atoms with Crippen molar-refractivity contribution in [3.63, 3.8) is 0 Å². The molecule has 0 unspecified atom stereocenters. The van der Waals surface area contributed by atoms with E-state index in [1.807, 2.05) is 30.3 Å². The molecule has 1 aromatic carbocycles. The number of pyridine rings is 1. The SMILES string of the molecule is Nc1ccnc(N)c1N=Nc1ccccc1. The molecule has 0 bridgehead atoms. The van der Waals surface area contributed by atoms with Crippen molar-refractivity contribution in [1.82, 2.24) is 4.98 Å². The molecule has 4 N–H and O–H groups in total. The number of anilines is 2. The van der Waals surface area contributed by atoms with Crippen LogP contribution in [0.2, 0.25) is 0 Å². The number of benzene rings is 1. The lowest BCUT2D eigenvalue weighted by Crippen LogP contribution is -1.93. The number of nitrogens with zero attached hydrogens (tertiary/aromatic N) is 3. The van der Waals surface area contributed by atoms with Gasteiger partial charge < -0.3 is 11.5 Å². The van der Waals surface area contributed by atoms with Crippen LogP contribution >= 0.6 is 0 Å². The van der Waals surface area contributed by atoms with Gasteiger partial charge in [0.2, 0.25) is 0 Å². The summed E-state index contributed by atoms with van der Waals surface area (Å²) < 4.78 is 0. The Kier molecular flexibility index (Phi) is 2.77. The van der Waals surface area contributed by atoms with Crippen LogP contribution in [0.5, 0.6) is 0 Å². The van der Waals surface area contributed by atoms with Crippen molar-refractivity contribution in [1.29, 1.82) is 0 Å². The third kappa shape index (κ3) is 2.14. The summed E-state index contributed by atoms with van der Waals surface area (Å²) in [5.74, 6) is 0.277. The summed E-state index contributed by atoms with van der Waals surface area (Å²) in [6.07, 6.45) is 1.53. The third-order valence-corrected chi connectivity index (χ3v) is 2.01. The van der Waals surface area contributed by atoms with Gasteiger partial charge >= 0.3 is 0 Å². The van der Waals surface area contributed by atoms with Crippen molar-refractivity contribution in [3.05, 3.63) is 42.6 Å². The van der Waals surface area contributed by atoms with Gasteiger partial charge in [-0.2, -0.15) is 5.11 Å². The van der Waals surface area contributed by atoms with Crippen molar-refractivity contribution in [3.8, 4) is 0 Å². The topological polar surface area (TPSA) is 89.6 Å². The van der Waals surface area contributed by atoms with Crippen molar-refractivity contribution in [2.24, 2.45) is 10.2 Å². The Balaban J connectivity index is 2.31. The molecule has 0 aliphatic heterocycles. The van der Waals surface area contributed by atoms with Crippen molar-refractivity contribution < 1.29 is 0 Å². The third-order valence-electron chi connectivity index (χ3n) is 2.01. The fraction of sp³-hybridized carbons (Fsp3) is 0. The molecule has 1 heterocycles. The van der Waals surface area contributed by atoms with Crippen LogP contribution in [0.25, 0.3) is 0 Å². The first-order chi connectivity index (χ1) is 7.77. The number of rotatable bonds is 2. The molecular formula is C11H11N5. The number of hydrogen-bond donors (Lipinski definition) is 2. The number of hydrogen-bond acceptors (Lipinski definition) is 5. The van der Waals surface area contributed by atoms with Crippen molar-refractivity contribution in [2.45, 2.75) is 0 Å². The lowest BCUT2D eigenvalue weighted by atomic mass is 10.3. The second-order valence-electron chi connectivity index (χ2n) is 3.17. The molecule has 0 fully saturated rings. The van der Waals surface area contributed by atoms with Crippen LogP contribution in [0.15, 0.2) is 52.8 Å². The second kappa shape index (κ2) is 4.39. The molecule has 0 saturated heterocycles. The summed E-state index contributed by atoms with van der Waals surface area (Å²) in [5.41, 5.74) is 13.0. The highest BCUT2D eigenvalue weighted by atomic mass is 15.1. The van der Waals surface area contributed by atoms with Crippen LogP contribution in [0, 0.1) is 0 Å². The molecule has 2 rings (SSSR count). The predicted octanol–water partition coefficient (Wildman–Crippen LogP) is 2.66. The fourth-order valence-electron chi connectivity index (χ4n) is 1.20. The maximum Gasteiger partial charge on any atom is 0.153 e. The smallest absolute Gasteiger partial charge is 0.153 e. The largest absolute Gasteiger partial charge is 0.397 e. The zero-order valence-electron chi connectivity index (χ0n) is 8.54. The van der Waals surface area contributed by atoms with Crippen LogP contribution in [0.4, 0.5) is 22.9 Å². The molecule has 0 aliphatic carbocycles. The first kappa shape index (κ1) is 10.1. The van der Waals surface area contributed by atoms with E-state index in [9.17, 15) is 0 Å².